The highest BCUT2D eigenvalue weighted by Crippen LogP contribution is 2.16. The quantitative estimate of drug-likeness (QED) is 0.650. The van der Waals surface area contributed by atoms with E-state index in [1.807, 2.05) is 20.8 Å². The maximum atomic E-state index is 11.7. The molecule has 86 valence electrons. The van der Waals surface area contributed by atoms with E-state index < -0.39 is 11.6 Å². The third kappa shape index (κ3) is 3.22. The Labute approximate surface area is 90.6 Å². The highest BCUT2D eigenvalue weighted by atomic mass is 16.6. The Morgan fingerprint density at radius 2 is 2.07 bits per heavy atom. The minimum Gasteiger partial charge on any atom is -0.458 e. The Balaban J connectivity index is 2.56. The predicted molar refractivity (Wildman–Crippen MR) is 56.3 cm³/mol. The van der Waals surface area contributed by atoms with Gasteiger partial charge >= 0.3 is 5.97 Å². The number of esters is 1. The molecule has 0 N–H and O–H groups in total. The molecule has 1 unspecified atom stereocenters. The summed E-state index contributed by atoms with van der Waals surface area (Å²) in [6.45, 7) is 7.85. The van der Waals surface area contributed by atoms with Crippen molar-refractivity contribution in [2.24, 2.45) is 0 Å². The fourth-order valence-corrected chi connectivity index (χ4v) is 1.59. The number of hydrogen-bond acceptors (Lipinski definition) is 3. The average Bonchev–Trinajstić information content (AvgIpc) is 2.47. The number of carbonyl (C=O) groups is 2. The van der Waals surface area contributed by atoms with Gasteiger partial charge < -0.3 is 9.64 Å². The van der Waals surface area contributed by atoms with Gasteiger partial charge in [-0.3, -0.25) is 4.79 Å². The predicted octanol–water partition coefficient (Wildman–Crippen LogP) is 1.34. The smallest absolute Gasteiger partial charge is 0.329 e. The number of likely N-dealkylation sites (tertiary alicyclic amines) is 1. The maximum Gasteiger partial charge on any atom is 0.329 e. The summed E-state index contributed by atoms with van der Waals surface area (Å²) >= 11 is 0. The molecule has 0 aromatic rings. The second kappa shape index (κ2) is 4.21. The van der Waals surface area contributed by atoms with Crippen LogP contribution in [0.2, 0.25) is 0 Å². The van der Waals surface area contributed by atoms with E-state index >= 15 is 0 Å². The lowest BCUT2D eigenvalue weighted by Gasteiger charge is -2.27. The van der Waals surface area contributed by atoms with Crippen molar-refractivity contribution in [2.45, 2.75) is 52.2 Å². The van der Waals surface area contributed by atoms with Crippen LogP contribution >= 0.6 is 0 Å². The van der Waals surface area contributed by atoms with Gasteiger partial charge in [-0.25, -0.2) is 4.79 Å². The Morgan fingerprint density at radius 1 is 1.47 bits per heavy atom. The van der Waals surface area contributed by atoms with Crippen molar-refractivity contribution in [3.05, 3.63) is 0 Å². The minimum absolute atomic E-state index is 0.0494. The van der Waals surface area contributed by atoms with Crippen LogP contribution in [0, 0.1) is 0 Å². The van der Waals surface area contributed by atoms with Gasteiger partial charge in [0, 0.05) is 13.0 Å². The average molecular weight is 213 g/mol. The molecule has 15 heavy (non-hydrogen) atoms. The number of amides is 1. The second-order valence-corrected chi connectivity index (χ2v) is 4.90. The van der Waals surface area contributed by atoms with Crippen LogP contribution in [0.5, 0.6) is 0 Å². The zero-order chi connectivity index (χ0) is 11.6. The Bertz CT molecular complexity index is 267. The monoisotopic (exact) mass is 213 g/mol. The van der Waals surface area contributed by atoms with Crippen LogP contribution < -0.4 is 0 Å². The summed E-state index contributed by atoms with van der Waals surface area (Å²) in [6.07, 6.45) is 1.39. The Hall–Kier alpha value is -1.06. The second-order valence-electron chi connectivity index (χ2n) is 4.90. The first kappa shape index (κ1) is 12.0. The van der Waals surface area contributed by atoms with Crippen molar-refractivity contribution in [2.75, 3.05) is 6.54 Å². The van der Waals surface area contributed by atoms with E-state index in [1.165, 1.54) is 0 Å². The van der Waals surface area contributed by atoms with Crippen LogP contribution in [0.1, 0.15) is 40.5 Å². The van der Waals surface area contributed by atoms with Crippen molar-refractivity contribution in [1.29, 1.82) is 0 Å². The molecule has 0 radical (unpaired) electrons. The molecule has 1 heterocycles. The summed E-state index contributed by atoms with van der Waals surface area (Å²) in [6, 6.07) is -0.459. The fourth-order valence-electron chi connectivity index (χ4n) is 1.59. The first-order valence-electron chi connectivity index (χ1n) is 5.33. The molecule has 4 nitrogen and oxygen atoms in total. The SMILES string of the molecule is CC(C(=O)OC(C)(C)C)N1CCCC1=O. The molecule has 1 aliphatic heterocycles. The van der Waals surface area contributed by atoms with E-state index in [1.54, 1.807) is 11.8 Å². The minimum atomic E-state index is -0.492. The maximum absolute atomic E-state index is 11.7. The molecule has 1 atom stereocenters. The van der Waals surface area contributed by atoms with E-state index in [4.69, 9.17) is 4.74 Å². The zero-order valence-electron chi connectivity index (χ0n) is 9.87. The van der Waals surface area contributed by atoms with Crippen LogP contribution in [0.4, 0.5) is 0 Å². The van der Waals surface area contributed by atoms with E-state index in [9.17, 15) is 9.59 Å². The van der Waals surface area contributed by atoms with Gasteiger partial charge in [0.05, 0.1) is 0 Å². The number of hydrogen-bond donors (Lipinski definition) is 0. The van der Waals surface area contributed by atoms with Gasteiger partial charge in [0.2, 0.25) is 5.91 Å². The van der Waals surface area contributed by atoms with Gasteiger partial charge in [-0.1, -0.05) is 0 Å². The lowest BCUT2D eigenvalue weighted by atomic mass is 10.2. The van der Waals surface area contributed by atoms with Crippen molar-refractivity contribution < 1.29 is 14.3 Å². The molecular formula is C11H19NO3. The van der Waals surface area contributed by atoms with E-state index in [0.717, 1.165) is 6.42 Å². The summed E-state index contributed by atoms with van der Waals surface area (Å²) in [7, 11) is 0. The fraction of sp³-hybridized carbons (Fsp3) is 0.818. The molecule has 0 aromatic heterocycles. The molecule has 0 spiro atoms. The molecule has 0 aliphatic carbocycles. The van der Waals surface area contributed by atoms with Gasteiger partial charge in [0.25, 0.3) is 0 Å². The van der Waals surface area contributed by atoms with Gasteiger partial charge in [-0.05, 0) is 34.1 Å². The summed E-state index contributed by atoms with van der Waals surface area (Å²) < 4.78 is 5.23. The first-order valence-corrected chi connectivity index (χ1v) is 5.33. The third-order valence-corrected chi connectivity index (χ3v) is 2.33. The van der Waals surface area contributed by atoms with E-state index in [-0.39, 0.29) is 11.9 Å². The molecule has 1 fully saturated rings. The van der Waals surface area contributed by atoms with E-state index in [0.29, 0.717) is 13.0 Å². The molecule has 0 bridgehead atoms. The van der Waals surface area contributed by atoms with Crippen LogP contribution in [0.25, 0.3) is 0 Å². The van der Waals surface area contributed by atoms with Gasteiger partial charge in [-0.15, -0.1) is 0 Å². The molecular weight excluding hydrogens is 194 g/mol. The Morgan fingerprint density at radius 3 is 2.47 bits per heavy atom. The number of rotatable bonds is 2. The summed E-state index contributed by atoms with van der Waals surface area (Å²) in [5, 5.41) is 0. The van der Waals surface area contributed by atoms with Gasteiger partial charge in [0.15, 0.2) is 0 Å². The number of ether oxygens (including phenoxy) is 1. The highest BCUT2D eigenvalue weighted by molar-refractivity contribution is 5.85. The molecule has 0 aromatic carbocycles. The van der Waals surface area contributed by atoms with Crippen molar-refractivity contribution in [1.82, 2.24) is 4.90 Å². The summed E-state index contributed by atoms with van der Waals surface area (Å²) in [4.78, 5) is 24.7. The first-order chi connectivity index (χ1) is 6.81. The van der Waals surface area contributed by atoms with Crippen molar-refractivity contribution in [3.63, 3.8) is 0 Å². The lowest BCUT2D eigenvalue weighted by molar-refractivity contribution is -0.162. The molecule has 4 heteroatoms. The number of carbonyl (C=O) groups excluding carboxylic acids is 2. The van der Waals surface area contributed by atoms with Crippen LogP contribution in [-0.2, 0) is 14.3 Å². The van der Waals surface area contributed by atoms with Gasteiger partial charge in [-0.2, -0.15) is 0 Å². The summed E-state index contributed by atoms with van der Waals surface area (Å²) in [5.74, 6) is -0.272. The molecule has 1 rings (SSSR count). The zero-order valence-corrected chi connectivity index (χ0v) is 9.87. The topological polar surface area (TPSA) is 46.6 Å². The number of nitrogens with zero attached hydrogens (tertiary/aromatic N) is 1. The van der Waals surface area contributed by atoms with Crippen LogP contribution in [0.15, 0.2) is 0 Å². The van der Waals surface area contributed by atoms with Gasteiger partial charge in [0.1, 0.15) is 11.6 Å². The summed E-state index contributed by atoms with van der Waals surface area (Å²) in [5.41, 5.74) is -0.492. The largest absolute Gasteiger partial charge is 0.458 e. The molecule has 1 saturated heterocycles. The Kier molecular flexibility index (Phi) is 3.37. The molecule has 1 amide bonds. The third-order valence-electron chi connectivity index (χ3n) is 2.33. The molecule has 0 saturated carbocycles. The standard InChI is InChI=1S/C11H19NO3/c1-8(10(14)15-11(2,3)4)12-7-5-6-9(12)13/h8H,5-7H2,1-4H3. The molecule has 1 aliphatic rings. The van der Waals surface area contributed by atoms with Crippen LogP contribution in [-0.4, -0.2) is 35.0 Å². The van der Waals surface area contributed by atoms with Crippen LogP contribution in [0.3, 0.4) is 0 Å². The normalized spacial score (nSPS) is 19.2. The lowest BCUT2D eigenvalue weighted by Crippen LogP contribution is -2.43. The van der Waals surface area contributed by atoms with Crippen molar-refractivity contribution >= 4 is 11.9 Å². The van der Waals surface area contributed by atoms with Crippen molar-refractivity contribution in [3.8, 4) is 0 Å². The highest BCUT2D eigenvalue weighted by Gasteiger charge is 2.32. The van der Waals surface area contributed by atoms with E-state index in [2.05, 4.69) is 0 Å².